The average Bonchev–Trinajstić information content (AvgIpc) is 2.07. The van der Waals surface area contributed by atoms with Crippen molar-refractivity contribution < 1.29 is 14.6 Å². The van der Waals surface area contributed by atoms with Gasteiger partial charge in [0.1, 0.15) is 6.07 Å². The van der Waals surface area contributed by atoms with E-state index in [0.29, 0.717) is 0 Å². The molecule has 0 rings (SSSR count). The Labute approximate surface area is 68.7 Å². The van der Waals surface area contributed by atoms with Crippen molar-refractivity contribution in [1.82, 2.24) is 0 Å². The van der Waals surface area contributed by atoms with Gasteiger partial charge in [-0.2, -0.15) is 5.26 Å². The van der Waals surface area contributed by atoms with Crippen LogP contribution in [-0.2, 0) is 9.53 Å². The lowest BCUT2D eigenvalue weighted by atomic mass is 10.3. The Morgan fingerprint density at radius 3 is 2.83 bits per heavy atom. The number of nitriles is 1. The van der Waals surface area contributed by atoms with Crippen molar-refractivity contribution in [3.63, 3.8) is 0 Å². The van der Waals surface area contributed by atoms with Crippen LogP contribution in [0.1, 0.15) is 6.42 Å². The molecule has 0 radical (unpaired) electrons. The van der Waals surface area contributed by atoms with Gasteiger partial charge in [-0.05, 0) is 5.18 Å². The minimum atomic E-state index is -1.59. The fourth-order valence-corrected chi connectivity index (χ4v) is 0.436. The number of carbonyl (C=O) groups excluding carboxylic acids is 1. The van der Waals surface area contributed by atoms with Crippen LogP contribution in [0.4, 0.5) is 0 Å². The van der Waals surface area contributed by atoms with Crippen molar-refractivity contribution in [2.75, 3.05) is 13.2 Å². The minimum absolute atomic E-state index is 0.0109. The minimum Gasteiger partial charge on any atom is -0.463 e. The molecule has 6 nitrogen and oxygen atoms in total. The summed E-state index contributed by atoms with van der Waals surface area (Å²) in [4.78, 5) is 20.4. The van der Waals surface area contributed by atoms with E-state index < -0.39 is 12.0 Å². The highest BCUT2D eigenvalue weighted by Gasteiger charge is 2.19. The molecule has 1 unspecified atom stereocenters. The van der Waals surface area contributed by atoms with Crippen LogP contribution in [-0.4, -0.2) is 30.3 Å². The van der Waals surface area contributed by atoms with Crippen molar-refractivity contribution in [2.45, 2.75) is 12.5 Å². The zero-order valence-electron chi connectivity index (χ0n) is 6.27. The van der Waals surface area contributed by atoms with Gasteiger partial charge in [0.2, 0.25) is 0 Å². The van der Waals surface area contributed by atoms with Crippen molar-refractivity contribution >= 4 is 5.97 Å². The molecule has 6 heteroatoms. The molecule has 12 heavy (non-hydrogen) atoms. The highest BCUT2D eigenvalue weighted by molar-refractivity contribution is 5.78. The molecule has 0 aliphatic heterocycles. The van der Waals surface area contributed by atoms with Crippen molar-refractivity contribution in [3.8, 4) is 6.07 Å². The van der Waals surface area contributed by atoms with E-state index in [9.17, 15) is 9.70 Å². The Hall–Kier alpha value is -1.48. The molecular formula is C6H8N2O4. The van der Waals surface area contributed by atoms with Gasteiger partial charge >= 0.3 is 5.97 Å². The summed E-state index contributed by atoms with van der Waals surface area (Å²) >= 11 is 0. The van der Waals surface area contributed by atoms with Crippen LogP contribution in [0.25, 0.3) is 0 Å². The van der Waals surface area contributed by atoms with Crippen molar-refractivity contribution in [1.29, 1.82) is 5.26 Å². The Bertz CT molecular complexity index is 198. The first-order chi connectivity index (χ1) is 5.76. The number of nitrogens with zero attached hydrogens (tertiary/aromatic N) is 2. The molecule has 0 aromatic rings. The van der Waals surface area contributed by atoms with Crippen LogP contribution in [0.2, 0.25) is 0 Å². The number of ether oxygens (including phenoxy) is 1. The van der Waals surface area contributed by atoms with E-state index in [1.165, 1.54) is 6.07 Å². The molecule has 66 valence electrons. The fraction of sp³-hybridized carbons (Fsp3) is 0.667. The molecule has 0 spiro atoms. The van der Waals surface area contributed by atoms with Gasteiger partial charge in [0, 0.05) is 13.0 Å². The first-order valence-corrected chi connectivity index (χ1v) is 3.25. The van der Waals surface area contributed by atoms with Gasteiger partial charge in [-0.15, -0.1) is 4.91 Å². The van der Waals surface area contributed by atoms with E-state index in [0.717, 1.165) is 0 Å². The molecular weight excluding hydrogens is 164 g/mol. The number of aliphatic hydroxyl groups is 1. The summed E-state index contributed by atoms with van der Waals surface area (Å²) < 4.78 is 4.41. The van der Waals surface area contributed by atoms with Crippen LogP contribution in [0.5, 0.6) is 0 Å². The molecule has 0 amide bonds. The zero-order valence-corrected chi connectivity index (χ0v) is 6.27. The average molecular weight is 172 g/mol. The molecule has 0 saturated heterocycles. The Balaban J connectivity index is 3.71. The summed E-state index contributed by atoms with van der Waals surface area (Å²) in [7, 11) is 0. The summed E-state index contributed by atoms with van der Waals surface area (Å²) in [5, 5.41) is 18.7. The third-order valence-electron chi connectivity index (χ3n) is 0.998. The maximum absolute atomic E-state index is 10.7. The predicted octanol–water partition coefficient (Wildman–Crippen LogP) is -0.429. The third-order valence-corrected chi connectivity index (χ3v) is 0.998. The lowest BCUT2D eigenvalue weighted by Crippen LogP contribution is -2.19. The summed E-state index contributed by atoms with van der Waals surface area (Å²) in [5.41, 5.74) is 0. The standard InChI is InChI=1S/C6H8N2O4/c7-4-5(8-11)6(10)12-3-1-2-9/h5,9H,1-3H2. The highest BCUT2D eigenvalue weighted by atomic mass is 16.5. The van der Waals surface area contributed by atoms with Gasteiger partial charge < -0.3 is 9.84 Å². The number of hydrogen-bond donors (Lipinski definition) is 1. The fourth-order valence-electron chi connectivity index (χ4n) is 0.436. The van der Waals surface area contributed by atoms with E-state index in [1.807, 2.05) is 0 Å². The van der Waals surface area contributed by atoms with Gasteiger partial charge in [-0.3, -0.25) is 0 Å². The first kappa shape index (κ1) is 10.5. The molecule has 0 aliphatic rings. The molecule has 1 N–H and O–H groups in total. The number of aliphatic hydroxyl groups excluding tert-OH is 1. The quantitative estimate of drug-likeness (QED) is 0.344. The second-order valence-electron chi connectivity index (χ2n) is 1.88. The molecule has 0 fully saturated rings. The summed E-state index contributed by atoms with van der Waals surface area (Å²) in [6.45, 7) is -0.123. The lowest BCUT2D eigenvalue weighted by Gasteiger charge is -2.01. The second-order valence-corrected chi connectivity index (χ2v) is 1.88. The SMILES string of the molecule is N#CC(N=O)C(=O)OCCCO. The molecule has 0 aliphatic carbocycles. The lowest BCUT2D eigenvalue weighted by molar-refractivity contribution is -0.143. The molecule has 0 bridgehead atoms. The summed E-state index contributed by atoms with van der Waals surface area (Å²) in [5.74, 6) is -0.971. The monoisotopic (exact) mass is 172 g/mol. The van der Waals surface area contributed by atoms with E-state index in [-0.39, 0.29) is 19.6 Å². The van der Waals surface area contributed by atoms with E-state index in [1.54, 1.807) is 0 Å². The van der Waals surface area contributed by atoms with Gasteiger partial charge in [0.25, 0.3) is 6.04 Å². The highest BCUT2D eigenvalue weighted by Crippen LogP contribution is 1.93. The summed E-state index contributed by atoms with van der Waals surface area (Å²) in [6.07, 6.45) is 0.281. The number of nitroso groups, excluding NO2 is 1. The molecule has 0 aromatic heterocycles. The maximum Gasteiger partial charge on any atom is 0.349 e. The first-order valence-electron chi connectivity index (χ1n) is 3.25. The van der Waals surface area contributed by atoms with Crippen LogP contribution in [0.15, 0.2) is 5.18 Å². The Morgan fingerprint density at radius 1 is 1.75 bits per heavy atom. The van der Waals surface area contributed by atoms with Crippen LogP contribution in [0.3, 0.4) is 0 Å². The van der Waals surface area contributed by atoms with Gasteiger partial charge in [0.15, 0.2) is 0 Å². The predicted molar refractivity (Wildman–Crippen MR) is 37.9 cm³/mol. The van der Waals surface area contributed by atoms with Crippen molar-refractivity contribution in [2.24, 2.45) is 5.18 Å². The zero-order chi connectivity index (χ0) is 9.40. The third kappa shape index (κ3) is 3.63. The topological polar surface area (TPSA) is 99.8 Å². The molecule has 0 heterocycles. The molecule has 0 aromatic carbocycles. The number of carbonyl (C=O) groups is 1. The van der Waals surface area contributed by atoms with E-state index in [2.05, 4.69) is 9.91 Å². The molecule has 1 atom stereocenters. The number of esters is 1. The Morgan fingerprint density at radius 2 is 2.42 bits per heavy atom. The van der Waals surface area contributed by atoms with E-state index >= 15 is 0 Å². The second kappa shape index (κ2) is 6.24. The van der Waals surface area contributed by atoms with Crippen LogP contribution < -0.4 is 0 Å². The van der Waals surface area contributed by atoms with Crippen molar-refractivity contribution in [3.05, 3.63) is 4.91 Å². The van der Waals surface area contributed by atoms with Gasteiger partial charge in [0.05, 0.1) is 6.61 Å². The largest absolute Gasteiger partial charge is 0.463 e. The molecule has 0 saturated carbocycles. The van der Waals surface area contributed by atoms with Crippen LogP contribution >= 0.6 is 0 Å². The van der Waals surface area contributed by atoms with Crippen LogP contribution in [0, 0.1) is 16.2 Å². The van der Waals surface area contributed by atoms with E-state index in [4.69, 9.17) is 10.4 Å². The Kier molecular flexibility index (Phi) is 5.47. The maximum atomic E-state index is 10.7. The summed E-state index contributed by atoms with van der Waals surface area (Å²) in [6, 6.07) is -0.232. The van der Waals surface area contributed by atoms with Gasteiger partial charge in [-0.1, -0.05) is 0 Å². The van der Waals surface area contributed by atoms with Gasteiger partial charge in [-0.25, -0.2) is 4.79 Å². The number of hydrogen-bond acceptors (Lipinski definition) is 6. The normalized spacial score (nSPS) is 11.3. The smallest absolute Gasteiger partial charge is 0.349 e. The number of rotatable bonds is 5.